The van der Waals surface area contributed by atoms with Gasteiger partial charge in [0.15, 0.2) is 0 Å². The Morgan fingerprint density at radius 1 is 1.39 bits per heavy atom. The molecule has 1 aromatic rings. The maximum Gasteiger partial charge on any atom is 0.126 e. The monoisotopic (exact) mass is 251 g/mol. The summed E-state index contributed by atoms with van der Waals surface area (Å²) >= 11 is 0. The minimum Gasteiger partial charge on any atom is -0.383 e. The number of methoxy groups -OCH3 is 1. The molecule has 0 aliphatic rings. The summed E-state index contributed by atoms with van der Waals surface area (Å²) in [5.41, 5.74) is 1.10. The van der Waals surface area contributed by atoms with E-state index in [-0.39, 0.29) is 0 Å². The smallest absolute Gasteiger partial charge is 0.126 e. The Labute approximate surface area is 110 Å². The first-order valence-electron chi connectivity index (χ1n) is 6.60. The Morgan fingerprint density at radius 3 is 2.78 bits per heavy atom. The zero-order valence-electron chi connectivity index (χ0n) is 11.9. The normalized spacial score (nSPS) is 11.2. The van der Waals surface area contributed by atoms with Gasteiger partial charge in [0.1, 0.15) is 5.82 Å². The Bertz CT molecular complexity index is 342. The highest BCUT2D eigenvalue weighted by Crippen LogP contribution is 2.09. The van der Waals surface area contributed by atoms with E-state index in [1.807, 2.05) is 6.07 Å². The van der Waals surface area contributed by atoms with Crippen molar-refractivity contribution in [3.8, 4) is 0 Å². The van der Waals surface area contributed by atoms with Gasteiger partial charge in [-0.2, -0.15) is 0 Å². The molecule has 0 atom stereocenters. The van der Waals surface area contributed by atoms with Gasteiger partial charge in [-0.05, 0) is 32.9 Å². The fourth-order valence-corrected chi connectivity index (χ4v) is 1.78. The summed E-state index contributed by atoms with van der Waals surface area (Å²) in [7, 11) is 1.74. The van der Waals surface area contributed by atoms with E-state index < -0.39 is 0 Å². The Kier molecular flexibility index (Phi) is 6.68. The van der Waals surface area contributed by atoms with Crippen LogP contribution in [0.25, 0.3) is 0 Å². The molecule has 0 spiro atoms. The molecule has 102 valence electrons. The molecule has 0 saturated carbocycles. The molecule has 4 heteroatoms. The van der Waals surface area contributed by atoms with Crippen molar-refractivity contribution in [2.45, 2.75) is 33.4 Å². The second-order valence-electron chi connectivity index (χ2n) is 4.60. The SMILES string of the molecule is CCNc1cccc(CN(CCOC)C(C)C)n1. The van der Waals surface area contributed by atoms with E-state index in [2.05, 4.69) is 48.1 Å². The second-order valence-corrected chi connectivity index (χ2v) is 4.60. The van der Waals surface area contributed by atoms with E-state index in [9.17, 15) is 0 Å². The molecule has 0 aliphatic carbocycles. The Morgan fingerprint density at radius 2 is 2.17 bits per heavy atom. The fourth-order valence-electron chi connectivity index (χ4n) is 1.78. The van der Waals surface area contributed by atoms with Crippen molar-refractivity contribution >= 4 is 5.82 Å². The number of aromatic nitrogens is 1. The zero-order valence-corrected chi connectivity index (χ0v) is 11.9. The van der Waals surface area contributed by atoms with Crippen LogP contribution in [0.1, 0.15) is 26.5 Å². The quantitative estimate of drug-likeness (QED) is 0.769. The highest BCUT2D eigenvalue weighted by atomic mass is 16.5. The average molecular weight is 251 g/mol. The number of nitrogens with zero attached hydrogens (tertiary/aromatic N) is 2. The predicted molar refractivity (Wildman–Crippen MR) is 75.8 cm³/mol. The molecule has 0 aliphatic heterocycles. The standard InChI is InChI=1S/C14H25N3O/c1-5-15-14-8-6-7-13(16-14)11-17(12(2)3)9-10-18-4/h6-8,12H,5,9-11H2,1-4H3,(H,15,16). The summed E-state index contributed by atoms with van der Waals surface area (Å²) in [6, 6.07) is 6.62. The van der Waals surface area contributed by atoms with E-state index in [1.54, 1.807) is 7.11 Å². The molecular weight excluding hydrogens is 226 g/mol. The van der Waals surface area contributed by atoms with Gasteiger partial charge in [-0.15, -0.1) is 0 Å². The van der Waals surface area contributed by atoms with Gasteiger partial charge in [-0.1, -0.05) is 6.07 Å². The number of nitrogens with one attached hydrogen (secondary N) is 1. The van der Waals surface area contributed by atoms with Gasteiger partial charge in [-0.3, -0.25) is 4.90 Å². The van der Waals surface area contributed by atoms with Crippen molar-refractivity contribution in [3.05, 3.63) is 23.9 Å². The number of hydrogen-bond acceptors (Lipinski definition) is 4. The predicted octanol–water partition coefficient (Wildman–Crippen LogP) is 2.37. The van der Waals surface area contributed by atoms with Gasteiger partial charge in [0.25, 0.3) is 0 Å². The topological polar surface area (TPSA) is 37.4 Å². The summed E-state index contributed by atoms with van der Waals surface area (Å²) in [5, 5.41) is 3.24. The highest BCUT2D eigenvalue weighted by molar-refractivity contribution is 5.34. The molecule has 0 amide bonds. The molecule has 4 nitrogen and oxygen atoms in total. The zero-order chi connectivity index (χ0) is 13.4. The molecule has 0 bridgehead atoms. The van der Waals surface area contributed by atoms with Crippen LogP contribution in [0.4, 0.5) is 5.82 Å². The summed E-state index contributed by atoms with van der Waals surface area (Å²) in [4.78, 5) is 6.96. The van der Waals surface area contributed by atoms with Crippen LogP contribution in [-0.4, -0.2) is 42.7 Å². The van der Waals surface area contributed by atoms with Crippen LogP contribution in [-0.2, 0) is 11.3 Å². The lowest BCUT2D eigenvalue weighted by molar-refractivity contribution is 0.124. The van der Waals surface area contributed by atoms with Crippen molar-refractivity contribution in [1.29, 1.82) is 0 Å². The van der Waals surface area contributed by atoms with Crippen LogP contribution in [0.3, 0.4) is 0 Å². The van der Waals surface area contributed by atoms with Crippen molar-refractivity contribution in [2.24, 2.45) is 0 Å². The number of ether oxygens (including phenoxy) is 1. The molecule has 1 heterocycles. The molecule has 1 rings (SSSR count). The van der Waals surface area contributed by atoms with Gasteiger partial charge >= 0.3 is 0 Å². The summed E-state index contributed by atoms with van der Waals surface area (Å²) in [6.45, 7) is 9.92. The maximum atomic E-state index is 5.15. The van der Waals surface area contributed by atoms with Crippen LogP contribution in [0.15, 0.2) is 18.2 Å². The second kappa shape index (κ2) is 8.06. The molecule has 0 aromatic carbocycles. The molecule has 0 unspecified atom stereocenters. The van der Waals surface area contributed by atoms with Gasteiger partial charge in [0, 0.05) is 32.8 Å². The van der Waals surface area contributed by atoms with Crippen molar-refractivity contribution < 1.29 is 4.74 Å². The maximum absolute atomic E-state index is 5.15. The van der Waals surface area contributed by atoms with Crippen LogP contribution in [0.2, 0.25) is 0 Å². The van der Waals surface area contributed by atoms with E-state index in [1.165, 1.54) is 0 Å². The summed E-state index contributed by atoms with van der Waals surface area (Å²) in [6.07, 6.45) is 0. The third-order valence-electron chi connectivity index (χ3n) is 2.84. The minimum absolute atomic E-state index is 0.491. The van der Waals surface area contributed by atoms with E-state index in [0.29, 0.717) is 6.04 Å². The highest BCUT2D eigenvalue weighted by Gasteiger charge is 2.10. The van der Waals surface area contributed by atoms with E-state index in [0.717, 1.165) is 37.8 Å². The van der Waals surface area contributed by atoms with Gasteiger partial charge < -0.3 is 10.1 Å². The third kappa shape index (κ3) is 5.02. The summed E-state index contributed by atoms with van der Waals surface area (Å²) < 4.78 is 5.15. The lowest BCUT2D eigenvalue weighted by Gasteiger charge is -2.25. The Hall–Kier alpha value is -1.13. The first-order chi connectivity index (χ1) is 8.67. The third-order valence-corrected chi connectivity index (χ3v) is 2.84. The largest absolute Gasteiger partial charge is 0.383 e. The number of rotatable bonds is 8. The van der Waals surface area contributed by atoms with Gasteiger partial charge in [-0.25, -0.2) is 4.98 Å². The fraction of sp³-hybridized carbons (Fsp3) is 0.643. The van der Waals surface area contributed by atoms with Gasteiger partial charge in [0.05, 0.1) is 12.3 Å². The molecular formula is C14H25N3O. The van der Waals surface area contributed by atoms with Crippen LogP contribution >= 0.6 is 0 Å². The molecule has 0 saturated heterocycles. The number of pyridine rings is 1. The van der Waals surface area contributed by atoms with Crippen molar-refractivity contribution in [1.82, 2.24) is 9.88 Å². The lowest BCUT2D eigenvalue weighted by Crippen LogP contribution is -2.33. The van der Waals surface area contributed by atoms with Crippen molar-refractivity contribution in [3.63, 3.8) is 0 Å². The number of hydrogen-bond donors (Lipinski definition) is 1. The Balaban J connectivity index is 2.64. The first kappa shape index (κ1) is 14.9. The van der Waals surface area contributed by atoms with Crippen molar-refractivity contribution in [2.75, 3.05) is 32.1 Å². The molecule has 0 radical (unpaired) electrons. The average Bonchev–Trinajstić information content (AvgIpc) is 2.35. The van der Waals surface area contributed by atoms with E-state index in [4.69, 9.17) is 4.74 Å². The first-order valence-corrected chi connectivity index (χ1v) is 6.60. The minimum atomic E-state index is 0.491. The van der Waals surface area contributed by atoms with E-state index >= 15 is 0 Å². The molecule has 0 fully saturated rings. The lowest BCUT2D eigenvalue weighted by atomic mass is 10.2. The summed E-state index contributed by atoms with van der Waals surface area (Å²) in [5.74, 6) is 0.949. The molecule has 1 aromatic heterocycles. The molecule has 1 N–H and O–H groups in total. The van der Waals surface area contributed by atoms with Gasteiger partial charge in [0.2, 0.25) is 0 Å². The van der Waals surface area contributed by atoms with Crippen LogP contribution in [0.5, 0.6) is 0 Å². The van der Waals surface area contributed by atoms with Crippen LogP contribution < -0.4 is 5.32 Å². The van der Waals surface area contributed by atoms with Crippen LogP contribution in [0, 0.1) is 0 Å². The number of anilines is 1. The molecule has 18 heavy (non-hydrogen) atoms.